The number of benzene rings is 1. The van der Waals surface area contributed by atoms with Crippen molar-refractivity contribution in [1.29, 1.82) is 0 Å². The number of H-pyrrole nitrogens is 1. The first-order valence-corrected chi connectivity index (χ1v) is 10.9. The molecular formula is C23H27N5O3. The topological polar surface area (TPSA) is 93.0 Å². The highest BCUT2D eigenvalue weighted by molar-refractivity contribution is 5.98. The molecule has 1 aliphatic carbocycles. The number of Topliss-reactive ketones (excluding diaryl/α,β-unsaturated/α-hetero) is 1. The Morgan fingerprint density at radius 2 is 1.90 bits per heavy atom. The van der Waals surface area contributed by atoms with E-state index >= 15 is 0 Å². The average Bonchev–Trinajstić information content (AvgIpc) is 3.29. The summed E-state index contributed by atoms with van der Waals surface area (Å²) >= 11 is 0. The van der Waals surface area contributed by atoms with Crippen LogP contribution in [-0.4, -0.2) is 49.0 Å². The number of nitrogens with zero attached hydrogens (tertiary/aromatic N) is 4. The number of amides is 1. The van der Waals surface area contributed by atoms with E-state index in [-0.39, 0.29) is 28.8 Å². The lowest BCUT2D eigenvalue weighted by Gasteiger charge is -2.43. The number of ketones is 1. The maximum absolute atomic E-state index is 13.1. The summed E-state index contributed by atoms with van der Waals surface area (Å²) in [4.78, 5) is 42.5. The number of carbonyl (C=O) groups is 2. The van der Waals surface area contributed by atoms with E-state index in [0.717, 1.165) is 36.0 Å². The van der Waals surface area contributed by atoms with Gasteiger partial charge in [-0.25, -0.2) is 4.79 Å². The molecule has 3 aromatic rings. The number of imidazole rings is 1. The molecular weight excluding hydrogens is 394 g/mol. The zero-order valence-electron chi connectivity index (χ0n) is 18.1. The Hall–Kier alpha value is -3.16. The minimum Gasteiger partial charge on any atom is -0.339 e. The summed E-state index contributed by atoms with van der Waals surface area (Å²) in [5.41, 5.74) is 3.55. The quantitative estimate of drug-likeness (QED) is 0.689. The van der Waals surface area contributed by atoms with Crippen molar-refractivity contribution in [2.75, 3.05) is 13.1 Å². The number of piperidine rings is 1. The van der Waals surface area contributed by atoms with Gasteiger partial charge in [0.15, 0.2) is 5.78 Å². The molecule has 1 aliphatic heterocycles. The lowest BCUT2D eigenvalue weighted by atomic mass is 9.67. The average molecular weight is 422 g/mol. The van der Waals surface area contributed by atoms with Crippen LogP contribution in [0.2, 0.25) is 0 Å². The minimum atomic E-state index is -0.193. The number of fused-ring (bicyclic) bond motifs is 2. The lowest BCUT2D eigenvalue weighted by molar-refractivity contribution is 0.0517. The predicted molar refractivity (Wildman–Crippen MR) is 116 cm³/mol. The summed E-state index contributed by atoms with van der Waals surface area (Å²) in [6.07, 6.45) is 4.83. The number of rotatable bonds is 2. The molecule has 0 saturated carbocycles. The van der Waals surface area contributed by atoms with Gasteiger partial charge in [-0.2, -0.15) is 5.10 Å². The fourth-order valence-corrected chi connectivity index (χ4v) is 5.21. The molecule has 0 bridgehead atoms. The minimum absolute atomic E-state index is 0.0306. The summed E-state index contributed by atoms with van der Waals surface area (Å²) < 4.78 is 3.37. The van der Waals surface area contributed by atoms with E-state index in [4.69, 9.17) is 0 Å². The lowest BCUT2D eigenvalue weighted by Crippen LogP contribution is -2.46. The highest BCUT2D eigenvalue weighted by Crippen LogP contribution is 2.44. The van der Waals surface area contributed by atoms with Crippen LogP contribution in [0.25, 0.3) is 11.0 Å². The zero-order chi connectivity index (χ0) is 21.9. The van der Waals surface area contributed by atoms with Gasteiger partial charge in [0.1, 0.15) is 5.69 Å². The molecule has 0 atom stereocenters. The van der Waals surface area contributed by atoms with Gasteiger partial charge < -0.3 is 9.88 Å². The number of hydrogen-bond donors (Lipinski definition) is 1. The van der Waals surface area contributed by atoms with Gasteiger partial charge in [0, 0.05) is 43.7 Å². The van der Waals surface area contributed by atoms with Crippen LogP contribution < -0.4 is 5.69 Å². The third-order valence-corrected chi connectivity index (χ3v) is 6.99. The second-order valence-electron chi connectivity index (χ2n) is 9.35. The fraction of sp³-hybridized carbons (Fsp3) is 0.478. The first kappa shape index (κ1) is 19.8. The zero-order valence-corrected chi connectivity index (χ0v) is 18.1. The van der Waals surface area contributed by atoms with Gasteiger partial charge in [-0.05, 0) is 56.7 Å². The van der Waals surface area contributed by atoms with Crippen LogP contribution in [0.5, 0.6) is 0 Å². The third kappa shape index (κ3) is 3.12. The van der Waals surface area contributed by atoms with Gasteiger partial charge in [-0.15, -0.1) is 0 Å². The summed E-state index contributed by atoms with van der Waals surface area (Å²) in [5, 5.41) is 4.45. The van der Waals surface area contributed by atoms with Crippen molar-refractivity contribution >= 4 is 22.7 Å². The Morgan fingerprint density at radius 3 is 2.61 bits per heavy atom. The highest BCUT2D eigenvalue weighted by atomic mass is 16.2. The largest absolute Gasteiger partial charge is 0.339 e. The number of carbonyl (C=O) groups excluding carboxylic acids is 2. The molecule has 2 aromatic heterocycles. The normalized spacial score (nSPS) is 18.2. The van der Waals surface area contributed by atoms with Gasteiger partial charge in [0.05, 0.1) is 17.2 Å². The Labute approximate surface area is 179 Å². The summed E-state index contributed by atoms with van der Waals surface area (Å²) in [7, 11) is 1.70. The Bertz CT molecular complexity index is 1250. The Balaban J connectivity index is 1.33. The van der Waals surface area contributed by atoms with E-state index in [1.807, 2.05) is 29.6 Å². The molecule has 31 heavy (non-hydrogen) atoms. The molecule has 1 fully saturated rings. The number of aromatic nitrogens is 4. The van der Waals surface area contributed by atoms with Crippen molar-refractivity contribution in [2.45, 2.75) is 45.6 Å². The van der Waals surface area contributed by atoms with Gasteiger partial charge in [-0.1, -0.05) is 0 Å². The molecule has 2 aliphatic rings. The second kappa shape index (κ2) is 6.93. The Kier molecular flexibility index (Phi) is 4.42. The molecule has 1 amide bonds. The van der Waals surface area contributed by atoms with Crippen molar-refractivity contribution in [1.82, 2.24) is 24.2 Å². The molecule has 1 N–H and O–H groups in total. The molecule has 0 unspecified atom stereocenters. The third-order valence-electron chi connectivity index (χ3n) is 6.99. The van der Waals surface area contributed by atoms with Crippen LogP contribution >= 0.6 is 0 Å². The van der Waals surface area contributed by atoms with Crippen molar-refractivity contribution in [2.24, 2.45) is 12.5 Å². The first-order valence-electron chi connectivity index (χ1n) is 10.9. The fourth-order valence-electron chi connectivity index (χ4n) is 5.21. The van der Waals surface area contributed by atoms with E-state index in [9.17, 15) is 14.4 Å². The van der Waals surface area contributed by atoms with Crippen molar-refractivity contribution < 1.29 is 9.59 Å². The van der Waals surface area contributed by atoms with E-state index in [0.29, 0.717) is 30.6 Å². The number of aromatic amines is 1. The van der Waals surface area contributed by atoms with Gasteiger partial charge in [0.25, 0.3) is 5.91 Å². The predicted octanol–water partition coefficient (Wildman–Crippen LogP) is 2.70. The number of aryl methyl sites for hydroxylation is 1. The molecule has 8 nitrogen and oxygen atoms in total. The van der Waals surface area contributed by atoms with Crippen LogP contribution in [-0.2, 0) is 13.5 Å². The molecule has 0 radical (unpaired) electrons. The number of likely N-dealkylation sites (tertiary alicyclic amines) is 1. The maximum atomic E-state index is 13.1. The van der Waals surface area contributed by atoms with Gasteiger partial charge in [0.2, 0.25) is 0 Å². The van der Waals surface area contributed by atoms with E-state index in [1.54, 1.807) is 25.2 Å². The van der Waals surface area contributed by atoms with Gasteiger partial charge in [-0.3, -0.25) is 18.8 Å². The van der Waals surface area contributed by atoms with Crippen LogP contribution in [0, 0.1) is 5.41 Å². The van der Waals surface area contributed by atoms with Crippen LogP contribution in [0.4, 0.5) is 0 Å². The highest BCUT2D eigenvalue weighted by Gasteiger charge is 2.43. The summed E-state index contributed by atoms with van der Waals surface area (Å²) in [5.74, 6) is 0.141. The van der Waals surface area contributed by atoms with E-state index < -0.39 is 0 Å². The van der Waals surface area contributed by atoms with Crippen LogP contribution in [0.15, 0.2) is 29.2 Å². The second-order valence-corrected chi connectivity index (χ2v) is 9.35. The summed E-state index contributed by atoms with van der Waals surface area (Å²) in [6, 6.07) is 5.50. The van der Waals surface area contributed by atoms with Crippen molar-refractivity contribution in [3.05, 3.63) is 51.7 Å². The number of nitrogens with one attached hydrogen (secondary N) is 1. The van der Waals surface area contributed by atoms with E-state index in [2.05, 4.69) is 10.1 Å². The molecule has 3 heterocycles. The van der Waals surface area contributed by atoms with Crippen molar-refractivity contribution in [3.63, 3.8) is 0 Å². The maximum Gasteiger partial charge on any atom is 0.326 e. The summed E-state index contributed by atoms with van der Waals surface area (Å²) in [6.45, 7) is 5.33. The molecule has 5 rings (SSSR count). The smallest absolute Gasteiger partial charge is 0.326 e. The van der Waals surface area contributed by atoms with Gasteiger partial charge >= 0.3 is 5.69 Å². The standard InChI is InChI=1S/C23H27N5O3/c1-14(2)28-20-16(13-24-28)11-23(12-19(20)29)6-8-27(9-7-23)21(30)15-4-5-18-17(10-15)25-22(31)26(18)3/h4-5,10,13-14H,6-9,11-12H2,1-3H3,(H,25,31). The number of hydrogen-bond acceptors (Lipinski definition) is 4. The molecule has 8 heteroatoms. The monoisotopic (exact) mass is 421 g/mol. The van der Waals surface area contributed by atoms with Crippen LogP contribution in [0.1, 0.15) is 65.6 Å². The molecule has 1 spiro atoms. The van der Waals surface area contributed by atoms with E-state index in [1.165, 1.54) is 4.57 Å². The first-order chi connectivity index (χ1) is 14.8. The Morgan fingerprint density at radius 1 is 1.16 bits per heavy atom. The molecule has 1 aromatic carbocycles. The molecule has 162 valence electrons. The van der Waals surface area contributed by atoms with Crippen LogP contribution in [0.3, 0.4) is 0 Å². The SMILES string of the molecule is CC(C)n1ncc2c1C(=O)CC1(CCN(C(=O)c3ccc4c(c3)[nH]c(=O)n4C)CC1)C2. The molecule has 1 saturated heterocycles. The van der Waals surface area contributed by atoms with Crippen molar-refractivity contribution in [3.8, 4) is 0 Å².